The van der Waals surface area contributed by atoms with Crippen LogP contribution in [0.15, 0.2) is 22.7 Å². The van der Waals surface area contributed by atoms with Crippen LogP contribution in [-0.2, 0) is 0 Å². The van der Waals surface area contributed by atoms with Crippen molar-refractivity contribution in [3.8, 4) is 0 Å². The molecule has 0 aliphatic heterocycles. The van der Waals surface area contributed by atoms with E-state index in [0.29, 0.717) is 29.6 Å². The summed E-state index contributed by atoms with van der Waals surface area (Å²) in [7, 11) is 0. The van der Waals surface area contributed by atoms with Crippen LogP contribution in [0.2, 0.25) is 5.02 Å². The predicted octanol–water partition coefficient (Wildman–Crippen LogP) is 3.48. The lowest BCUT2D eigenvalue weighted by Gasteiger charge is -2.37. The first-order valence-electron chi connectivity index (χ1n) is 6.50. The molecule has 1 aliphatic rings. The highest BCUT2D eigenvalue weighted by molar-refractivity contribution is 9.10. The van der Waals surface area contributed by atoms with E-state index in [-0.39, 0.29) is 12.5 Å². The van der Waals surface area contributed by atoms with E-state index < -0.39 is 0 Å². The van der Waals surface area contributed by atoms with Crippen molar-refractivity contribution in [3.63, 3.8) is 0 Å². The number of benzene rings is 1. The van der Waals surface area contributed by atoms with Gasteiger partial charge in [0.2, 0.25) is 0 Å². The average Bonchev–Trinajstić information content (AvgIpc) is 2.31. The first-order chi connectivity index (χ1) is 9.13. The maximum absolute atomic E-state index is 12.6. The van der Waals surface area contributed by atoms with E-state index in [9.17, 15) is 4.79 Å². The first kappa shape index (κ1) is 14.8. The molecular formula is C14H17BrClNO2. The molecule has 0 atom stereocenters. The number of nitrogens with zero attached hydrogens (tertiary/aromatic N) is 1. The Morgan fingerprint density at radius 2 is 2.21 bits per heavy atom. The molecule has 0 aromatic heterocycles. The predicted molar refractivity (Wildman–Crippen MR) is 79.5 cm³/mol. The van der Waals surface area contributed by atoms with Crippen LogP contribution in [-0.4, -0.2) is 35.1 Å². The van der Waals surface area contributed by atoms with Crippen molar-refractivity contribution in [2.75, 3.05) is 13.2 Å². The van der Waals surface area contributed by atoms with Gasteiger partial charge in [-0.1, -0.05) is 27.5 Å². The van der Waals surface area contributed by atoms with E-state index in [4.69, 9.17) is 16.7 Å². The van der Waals surface area contributed by atoms with Crippen molar-refractivity contribution in [1.29, 1.82) is 0 Å². The summed E-state index contributed by atoms with van der Waals surface area (Å²) in [6, 6.07) is 5.61. The van der Waals surface area contributed by atoms with Gasteiger partial charge in [0, 0.05) is 23.7 Å². The van der Waals surface area contributed by atoms with Crippen LogP contribution in [0.4, 0.5) is 0 Å². The molecule has 0 unspecified atom stereocenters. The summed E-state index contributed by atoms with van der Waals surface area (Å²) >= 11 is 9.48. The van der Waals surface area contributed by atoms with E-state index in [2.05, 4.69) is 15.9 Å². The Balaban J connectivity index is 2.17. The Morgan fingerprint density at radius 1 is 1.47 bits per heavy atom. The Morgan fingerprint density at radius 3 is 2.74 bits per heavy atom. The van der Waals surface area contributed by atoms with Crippen LogP contribution in [0.25, 0.3) is 0 Å². The van der Waals surface area contributed by atoms with Gasteiger partial charge in [0.05, 0.1) is 10.6 Å². The van der Waals surface area contributed by atoms with Crippen molar-refractivity contribution in [2.24, 2.45) is 0 Å². The minimum atomic E-state index is -0.0318. The molecule has 2 rings (SSSR count). The maximum atomic E-state index is 12.6. The highest BCUT2D eigenvalue weighted by Gasteiger charge is 2.29. The summed E-state index contributed by atoms with van der Waals surface area (Å²) in [6.07, 6.45) is 3.87. The lowest BCUT2D eigenvalue weighted by atomic mass is 9.90. The molecule has 0 spiro atoms. The summed E-state index contributed by atoms with van der Waals surface area (Å²) in [5.41, 5.74) is 0.537. The van der Waals surface area contributed by atoms with Gasteiger partial charge in [0.15, 0.2) is 0 Å². The molecule has 1 N–H and O–H groups in total. The first-order valence-corrected chi connectivity index (χ1v) is 7.67. The summed E-state index contributed by atoms with van der Waals surface area (Å²) in [6.45, 7) is 0.691. The molecule has 1 fully saturated rings. The Kier molecular flexibility index (Phi) is 5.25. The van der Waals surface area contributed by atoms with Gasteiger partial charge in [0.25, 0.3) is 5.91 Å². The Hall–Kier alpha value is -0.580. The third kappa shape index (κ3) is 3.50. The van der Waals surface area contributed by atoms with Crippen molar-refractivity contribution in [3.05, 3.63) is 33.3 Å². The number of rotatable bonds is 5. The van der Waals surface area contributed by atoms with Crippen molar-refractivity contribution >= 4 is 33.4 Å². The summed E-state index contributed by atoms with van der Waals surface area (Å²) < 4.78 is 0.861. The minimum absolute atomic E-state index is 0.0318. The molecule has 0 heterocycles. The third-order valence-electron chi connectivity index (χ3n) is 3.50. The molecule has 1 aliphatic carbocycles. The number of hydrogen-bond donors (Lipinski definition) is 1. The van der Waals surface area contributed by atoms with Gasteiger partial charge in [-0.05, 0) is 43.9 Å². The fourth-order valence-electron chi connectivity index (χ4n) is 2.21. The normalized spacial score (nSPS) is 15.1. The largest absolute Gasteiger partial charge is 0.396 e. The van der Waals surface area contributed by atoms with Gasteiger partial charge < -0.3 is 10.0 Å². The molecule has 104 valence electrons. The van der Waals surface area contributed by atoms with Gasteiger partial charge in [-0.25, -0.2) is 0 Å². The van der Waals surface area contributed by atoms with E-state index in [0.717, 1.165) is 17.3 Å². The second kappa shape index (κ2) is 6.73. The smallest absolute Gasteiger partial charge is 0.255 e. The SMILES string of the molecule is O=C(c1ccc(Br)cc1Cl)N(CCCO)C1CCC1. The molecular weight excluding hydrogens is 330 g/mol. The van der Waals surface area contributed by atoms with Gasteiger partial charge in [-0.2, -0.15) is 0 Å². The van der Waals surface area contributed by atoms with Gasteiger partial charge in [-0.3, -0.25) is 4.79 Å². The number of aliphatic hydroxyl groups excluding tert-OH is 1. The van der Waals surface area contributed by atoms with Gasteiger partial charge >= 0.3 is 0 Å². The zero-order chi connectivity index (χ0) is 13.8. The van der Waals surface area contributed by atoms with Crippen molar-refractivity contribution < 1.29 is 9.90 Å². The van der Waals surface area contributed by atoms with Crippen LogP contribution in [0.3, 0.4) is 0 Å². The molecule has 1 aromatic carbocycles. The van der Waals surface area contributed by atoms with Gasteiger partial charge in [-0.15, -0.1) is 0 Å². The van der Waals surface area contributed by atoms with Crippen LogP contribution >= 0.6 is 27.5 Å². The number of halogens is 2. The Labute approximate surface area is 126 Å². The zero-order valence-corrected chi connectivity index (χ0v) is 13.0. The highest BCUT2D eigenvalue weighted by Crippen LogP contribution is 2.29. The fourth-order valence-corrected chi connectivity index (χ4v) is 2.96. The minimum Gasteiger partial charge on any atom is -0.396 e. The number of carbonyl (C=O) groups excluding carboxylic acids is 1. The topological polar surface area (TPSA) is 40.5 Å². The standard InChI is InChI=1S/C14H17BrClNO2/c15-10-5-6-12(13(16)9-10)14(19)17(7-2-8-18)11-3-1-4-11/h5-6,9,11,18H,1-4,7-8H2. The number of aliphatic hydroxyl groups is 1. The van der Waals surface area contributed by atoms with Gasteiger partial charge in [0.1, 0.15) is 0 Å². The molecule has 0 saturated heterocycles. The molecule has 3 nitrogen and oxygen atoms in total. The number of hydrogen-bond acceptors (Lipinski definition) is 2. The second-order valence-electron chi connectivity index (χ2n) is 4.78. The lowest BCUT2D eigenvalue weighted by molar-refractivity contribution is 0.0562. The van der Waals surface area contributed by atoms with Crippen LogP contribution < -0.4 is 0 Å². The van der Waals surface area contributed by atoms with E-state index in [1.54, 1.807) is 12.1 Å². The number of amides is 1. The summed E-state index contributed by atoms with van der Waals surface area (Å²) in [5.74, 6) is -0.0318. The van der Waals surface area contributed by atoms with Crippen molar-refractivity contribution in [2.45, 2.75) is 31.7 Å². The third-order valence-corrected chi connectivity index (χ3v) is 4.30. The monoisotopic (exact) mass is 345 g/mol. The lowest BCUT2D eigenvalue weighted by Crippen LogP contribution is -2.45. The molecule has 19 heavy (non-hydrogen) atoms. The molecule has 0 radical (unpaired) electrons. The maximum Gasteiger partial charge on any atom is 0.255 e. The van der Waals surface area contributed by atoms with Crippen molar-refractivity contribution in [1.82, 2.24) is 4.90 Å². The molecule has 5 heteroatoms. The average molecular weight is 347 g/mol. The summed E-state index contributed by atoms with van der Waals surface area (Å²) in [5, 5.41) is 9.43. The van der Waals surface area contributed by atoms with Crippen LogP contribution in [0.1, 0.15) is 36.0 Å². The quantitative estimate of drug-likeness (QED) is 0.887. The van der Waals surface area contributed by atoms with E-state index >= 15 is 0 Å². The second-order valence-corrected chi connectivity index (χ2v) is 6.11. The molecule has 1 amide bonds. The van der Waals surface area contributed by atoms with Crippen LogP contribution in [0, 0.1) is 0 Å². The molecule has 1 saturated carbocycles. The number of carbonyl (C=O) groups is 1. The highest BCUT2D eigenvalue weighted by atomic mass is 79.9. The van der Waals surface area contributed by atoms with Crippen LogP contribution in [0.5, 0.6) is 0 Å². The van der Waals surface area contributed by atoms with E-state index in [1.807, 2.05) is 11.0 Å². The Bertz CT molecular complexity index is 463. The summed E-state index contributed by atoms with van der Waals surface area (Å²) in [4.78, 5) is 14.4. The molecule has 0 bridgehead atoms. The molecule has 1 aromatic rings. The zero-order valence-electron chi connectivity index (χ0n) is 10.6. The fraction of sp³-hybridized carbons (Fsp3) is 0.500. The van der Waals surface area contributed by atoms with E-state index in [1.165, 1.54) is 6.42 Å².